The summed E-state index contributed by atoms with van der Waals surface area (Å²) in [4.78, 5) is 0. The summed E-state index contributed by atoms with van der Waals surface area (Å²) in [5.41, 5.74) is 3.57. The van der Waals surface area contributed by atoms with Crippen LogP contribution in [-0.4, -0.2) is 11.1 Å². The average Bonchev–Trinajstić information content (AvgIpc) is 2.83. The van der Waals surface area contributed by atoms with Crippen LogP contribution in [0.25, 0.3) is 0 Å². The first-order valence-electron chi connectivity index (χ1n) is 6.43. The summed E-state index contributed by atoms with van der Waals surface area (Å²) in [7, 11) is 0. The molecule has 0 radical (unpaired) electrons. The number of rotatable bonds is 2. The third-order valence-electron chi connectivity index (χ3n) is 3.63. The fraction of sp³-hybridized carbons (Fsp3) is 0.188. The van der Waals surface area contributed by atoms with Gasteiger partial charge in [-0.15, -0.1) is 0 Å². The molecular weight excluding hydrogens is 272 g/mol. The fourth-order valence-electron chi connectivity index (χ4n) is 2.67. The summed E-state index contributed by atoms with van der Waals surface area (Å²) in [6, 6.07) is 13.3. The van der Waals surface area contributed by atoms with Gasteiger partial charge in [-0.1, -0.05) is 23.7 Å². The van der Waals surface area contributed by atoms with E-state index in [4.69, 9.17) is 16.9 Å². The number of nitrogens with one attached hydrogen (secondary N) is 1. The summed E-state index contributed by atoms with van der Waals surface area (Å²) in [6.45, 7) is 0. The van der Waals surface area contributed by atoms with E-state index in [1.54, 1.807) is 18.2 Å². The van der Waals surface area contributed by atoms with Gasteiger partial charge in [-0.05, 0) is 48.2 Å². The molecular formula is C16H13ClN2O. The van der Waals surface area contributed by atoms with Crippen molar-refractivity contribution in [2.24, 2.45) is 0 Å². The smallest absolute Gasteiger partial charge is 0.119 e. The largest absolute Gasteiger partial charge is 0.508 e. The highest BCUT2D eigenvalue weighted by atomic mass is 35.5. The number of benzene rings is 2. The second-order valence-electron chi connectivity index (χ2n) is 4.97. The molecule has 0 aliphatic heterocycles. The van der Waals surface area contributed by atoms with E-state index in [-0.39, 0.29) is 6.04 Å². The molecule has 3 nitrogen and oxygen atoms in total. The number of hydrogen-bond donors (Lipinski definition) is 2. The summed E-state index contributed by atoms with van der Waals surface area (Å²) < 4.78 is 0. The number of hydrogen-bond acceptors (Lipinski definition) is 3. The number of fused-ring (bicyclic) bond motifs is 1. The van der Waals surface area contributed by atoms with Crippen LogP contribution < -0.4 is 5.32 Å². The molecule has 100 valence electrons. The summed E-state index contributed by atoms with van der Waals surface area (Å²) in [5.74, 6) is 0.365. The lowest BCUT2D eigenvalue weighted by Crippen LogP contribution is -2.19. The van der Waals surface area contributed by atoms with Crippen LogP contribution in [0.3, 0.4) is 0 Å². The Bertz CT molecular complexity index is 706. The third kappa shape index (κ3) is 2.31. The minimum absolute atomic E-state index is 0.238. The first-order chi connectivity index (χ1) is 9.67. The van der Waals surface area contributed by atoms with Crippen LogP contribution in [-0.2, 0) is 12.8 Å². The van der Waals surface area contributed by atoms with Crippen molar-refractivity contribution in [2.45, 2.75) is 18.9 Å². The maximum Gasteiger partial charge on any atom is 0.119 e. The van der Waals surface area contributed by atoms with E-state index < -0.39 is 0 Å². The van der Waals surface area contributed by atoms with E-state index in [1.807, 2.05) is 24.3 Å². The Morgan fingerprint density at radius 1 is 1.25 bits per heavy atom. The molecule has 0 bridgehead atoms. The monoisotopic (exact) mass is 284 g/mol. The normalized spacial score (nSPS) is 16.5. The lowest BCUT2D eigenvalue weighted by atomic mass is 10.1. The molecule has 0 heterocycles. The van der Waals surface area contributed by atoms with Crippen molar-refractivity contribution in [3.8, 4) is 11.8 Å². The zero-order valence-corrected chi connectivity index (χ0v) is 11.5. The highest BCUT2D eigenvalue weighted by molar-refractivity contribution is 6.32. The number of halogens is 1. The molecule has 1 atom stereocenters. The number of aromatic hydroxyl groups is 1. The summed E-state index contributed by atoms with van der Waals surface area (Å²) in [5, 5.41) is 22.6. The van der Waals surface area contributed by atoms with E-state index in [9.17, 15) is 5.11 Å². The number of phenols is 1. The molecule has 2 aromatic carbocycles. The molecule has 0 amide bonds. The SMILES string of the molecule is N#Cc1ccc(NC2Cc3cccc(O)c3C2)cc1Cl. The molecule has 2 N–H and O–H groups in total. The Balaban J connectivity index is 1.77. The van der Waals surface area contributed by atoms with Crippen LogP contribution in [0.1, 0.15) is 16.7 Å². The Labute approximate surface area is 122 Å². The molecule has 2 aromatic rings. The highest BCUT2D eigenvalue weighted by Crippen LogP contribution is 2.31. The van der Waals surface area contributed by atoms with Gasteiger partial charge in [-0.3, -0.25) is 0 Å². The van der Waals surface area contributed by atoms with Gasteiger partial charge in [0.25, 0.3) is 0 Å². The first-order valence-corrected chi connectivity index (χ1v) is 6.81. The van der Waals surface area contributed by atoms with E-state index in [0.717, 1.165) is 24.1 Å². The van der Waals surface area contributed by atoms with Crippen molar-refractivity contribution in [1.82, 2.24) is 0 Å². The third-order valence-corrected chi connectivity index (χ3v) is 3.94. The predicted octanol–water partition coefficient (Wildman–Crippen LogP) is 3.50. The van der Waals surface area contributed by atoms with Crippen LogP contribution >= 0.6 is 11.6 Å². The molecule has 1 aliphatic rings. The highest BCUT2D eigenvalue weighted by Gasteiger charge is 2.23. The van der Waals surface area contributed by atoms with Gasteiger partial charge < -0.3 is 10.4 Å². The topological polar surface area (TPSA) is 56.0 Å². The molecule has 20 heavy (non-hydrogen) atoms. The molecule has 0 saturated heterocycles. The minimum atomic E-state index is 0.238. The van der Waals surface area contributed by atoms with E-state index >= 15 is 0 Å². The van der Waals surface area contributed by atoms with Crippen molar-refractivity contribution in [2.75, 3.05) is 5.32 Å². The summed E-state index contributed by atoms with van der Waals surface area (Å²) in [6.07, 6.45) is 1.67. The van der Waals surface area contributed by atoms with Crippen LogP contribution in [0.5, 0.6) is 5.75 Å². The molecule has 3 rings (SSSR count). The van der Waals surface area contributed by atoms with Gasteiger partial charge >= 0.3 is 0 Å². The van der Waals surface area contributed by atoms with Crippen molar-refractivity contribution < 1.29 is 5.11 Å². The van der Waals surface area contributed by atoms with Gasteiger partial charge in [-0.25, -0.2) is 0 Å². The maximum atomic E-state index is 9.84. The van der Waals surface area contributed by atoms with Crippen LogP contribution in [0.2, 0.25) is 5.02 Å². The van der Waals surface area contributed by atoms with Crippen molar-refractivity contribution in [3.05, 3.63) is 58.1 Å². The summed E-state index contributed by atoms with van der Waals surface area (Å²) >= 11 is 6.03. The Morgan fingerprint density at radius 2 is 2.10 bits per heavy atom. The molecule has 0 fully saturated rings. The number of anilines is 1. The van der Waals surface area contributed by atoms with Gasteiger partial charge in [0, 0.05) is 11.7 Å². The van der Waals surface area contributed by atoms with E-state index in [1.165, 1.54) is 5.56 Å². The molecule has 1 aliphatic carbocycles. The minimum Gasteiger partial charge on any atom is -0.508 e. The number of nitriles is 1. The Kier molecular flexibility index (Phi) is 3.25. The molecule has 4 heteroatoms. The average molecular weight is 285 g/mol. The number of nitrogens with zero attached hydrogens (tertiary/aromatic N) is 1. The van der Waals surface area contributed by atoms with Crippen LogP contribution in [0.15, 0.2) is 36.4 Å². The standard InChI is InChI=1S/C16H13ClN2O/c17-15-8-12(5-4-11(15)9-18)19-13-6-10-2-1-3-16(20)14(10)7-13/h1-5,8,13,19-20H,6-7H2. The van der Waals surface area contributed by atoms with Crippen molar-refractivity contribution in [3.63, 3.8) is 0 Å². The van der Waals surface area contributed by atoms with Gasteiger partial charge in [0.1, 0.15) is 11.8 Å². The lowest BCUT2D eigenvalue weighted by molar-refractivity contribution is 0.468. The van der Waals surface area contributed by atoms with E-state index in [0.29, 0.717) is 16.3 Å². The zero-order valence-electron chi connectivity index (χ0n) is 10.7. The quantitative estimate of drug-likeness (QED) is 0.887. The maximum absolute atomic E-state index is 9.84. The first kappa shape index (κ1) is 12.8. The zero-order chi connectivity index (χ0) is 14.1. The van der Waals surface area contributed by atoms with Crippen molar-refractivity contribution >= 4 is 17.3 Å². The fourth-order valence-corrected chi connectivity index (χ4v) is 2.89. The second kappa shape index (κ2) is 5.07. The predicted molar refractivity (Wildman–Crippen MR) is 79.1 cm³/mol. The molecule has 0 saturated carbocycles. The molecule has 1 unspecified atom stereocenters. The van der Waals surface area contributed by atoms with Crippen LogP contribution in [0.4, 0.5) is 5.69 Å². The molecule has 0 aromatic heterocycles. The van der Waals surface area contributed by atoms with Gasteiger partial charge in [0.15, 0.2) is 0 Å². The molecule has 0 spiro atoms. The van der Waals surface area contributed by atoms with Crippen LogP contribution in [0, 0.1) is 11.3 Å². The second-order valence-corrected chi connectivity index (χ2v) is 5.38. The van der Waals surface area contributed by atoms with Crippen molar-refractivity contribution in [1.29, 1.82) is 5.26 Å². The lowest BCUT2D eigenvalue weighted by Gasteiger charge is -2.14. The van der Waals surface area contributed by atoms with E-state index in [2.05, 4.69) is 5.32 Å². The van der Waals surface area contributed by atoms with Gasteiger partial charge in [0.05, 0.1) is 10.6 Å². The number of phenolic OH excluding ortho intramolecular Hbond substituents is 1. The van der Waals surface area contributed by atoms with Gasteiger partial charge in [0.2, 0.25) is 0 Å². The Hall–Kier alpha value is -2.18. The van der Waals surface area contributed by atoms with Gasteiger partial charge in [-0.2, -0.15) is 5.26 Å². The Morgan fingerprint density at radius 3 is 2.80 bits per heavy atom.